The third kappa shape index (κ3) is 2.35. The van der Waals surface area contributed by atoms with Crippen molar-refractivity contribution in [2.75, 3.05) is 11.9 Å². The number of ether oxygens (including phenoxy) is 1. The molecule has 118 valence electrons. The first kappa shape index (κ1) is 14.5. The molecule has 1 aliphatic rings. The fraction of sp³-hybridized carbons (Fsp3) is 0.0952. The van der Waals surface area contributed by atoms with Gasteiger partial charge in [-0.25, -0.2) is 0 Å². The summed E-state index contributed by atoms with van der Waals surface area (Å²) < 4.78 is 5.80. The predicted molar refractivity (Wildman–Crippen MR) is 98.1 cm³/mol. The number of anilines is 1. The Morgan fingerprint density at radius 2 is 1.79 bits per heavy atom. The molecule has 3 aromatic rings. The maximum atomic E-state index is 12.4. The third-order valence-corrected chi connectivity index (χ3v) is 4.23. The first-order valence-corrected chi connectivity index (χ1v) is 8.05. The molecule has 3 aromatic carbocycles. The zero-order valence-corrected chi connectivity index (χ0v) is 13.4. The highest BCUT2D eigenvalue weighted by atomic mass is 16.5. The Balaban J connectivity index is 1.96. The molecule has 0 unspecified atom stereocenters. The van der Waals surface area contributed by atoms with Crippen molar-refractivity contribution in [3.8, 4) is 5.75 Å². The summed E-state index contributed by atoms with van der Waals surface area (Å²) >= 11 is 0. The van der Waals surface area contributed by atoms with E-state index in [1.54, 1.807) is 0 Å². The van der Waals surface area contributed by atoms with Gasteiger partial charge in [-0.2, -0.15) is 0 Å². The number of para-hydroxylation sites is 1. The number of rotatable bonds is 3. The molecular formula is C21H17NO2. The first-order chi connectivity index (χ1) is 11.8. The lowest BCUT2D eigenvalue weighted by Crippen LogP contribution is -2.04. The van der Waals surface area contributed by atoms with E-state index in [1.807, 2.05) is 61.5 Å². The molecule has 0 saturated heterocycles. The van der Waals surface area contributed by atoms with Gasteiger partial charge in [-0.05, 0) is 35.9 Å². The Kier molecular flexibility index (Phi) is 3.54. The highest BCUT2D eigenvalue weighted by Gasteiger charge is 2.24. The van der Waals surface area contributed by atoms with E-state index in [-0.39, 0.29) is 5.91 Å². The summed E-state index contributed by atoms with van der Waals surface area (Å²) in [6, 6.07) is 19.9. The zero-order valence-electron chi connectivity index (χ0n) is 13.4. The number of benzene rings is 3. The van der Waals surface area contributed by atoms with Gasteiger partial charge in [0.15, 0.2) is 0 Å². The second kappa shape index (κ2) is 5.85. The molecule has 3 heteroatoms. The monoisotopic (exact) mass is 315 g/mol. The first-order valence-electron chi connectivity index (χ1n) is 8.05. The van der Waals surface area contributed by atoms with Crippen LogP contribution in [0.5, 0.6) is 5.75 Å². The average molecular weight is 315 g/mol. The van der Waals surface area contributed by atoms with Crippen LogP contribution in [0, 0.1) is 0 Å². The lowest BCUT2D eigenvalue weighted by Gasteiger charge is -2.11. The molecule has 0 aliphatic carbocycles. The van der Waals surface area contributed by atoms with E-state index in [2.05, 4.69) is 17.4 Å². The number of fused-ring (bicyclic) bond motifs is 2. The summed E-state index contributed by atoms with van der Waals surface area (Å²) in [4.78, 5) is 12.4. The molecule has 1 amide bonds. The molecule has 3 nitrogen and oxygen atoms in total. The molecule has 1 N–H and O–H groups in total. The van der Waals surface area contributed by atoms with E-state index in [9.17, 15) is 4.79 Å². The van der Waals surface area contributed by atoms with Crippen molar-refractivity contribution >= 4 is 34.0 Å². The predicted octanol–water partition coefficient (Wildman–Crippen LogP) is 4.73. The van der Waals surface area contributed by atoms with Crippen LogP contribution in [0.1, 0.15) is 18.1 Å². The van der Waals surface area contributed by atoms with Crippen LogP contribution in [0.25, 0.3) is 22.4 Å². The number of carbonyl (C=O) groups excluding carboxylic acids is 1. The van der Waals surface area contributed by atoms with Crippen molar-refractivity contribution in [2.45, 2.75) is 6.92 Å². The van der Waals surface area contributed by atoms with Crippen molar-refractivity contribution in [3.05, 3.63) is 71.8 Å². The number of hydrogen-bond donors (Lipinski definition) is 1. The Morgan fingerprint density at radius 3 is 2.67 bits per heavy atom. The standard InChI is InChI=1S/C21H17NO2/c1-2-24-20-12-11-14-7-3-4-8-15(14)17(20)13-18-16-9-5-6-10-19(16)22-21(18)23/h3-13H,2H2,1H3,(H,22,23)/b18-13-. The van der Waals surface area contributed by atoms with Gasteiger partial charge in [0.1, 0.15) is 5.75 Å². The van der Waals surface area contributed by atoms with Crippen LogP contribution in [-0.2, 0) is 4.79 Å². The molecule has 0 atom stereocenters. The largest absolute Gasteiger partial charge is 0.493 e. The Bertz CT molecular complexity index is 972. The molecular weight excluding hydrogens is 298 g/mol. The maximum absolute atomic E-state index is 12.4. The fourth-order valence-electron chi connectivity index (χ4n) is 3.13. The van der Waals surface area contributed by atoms with Crippen LogP contribution < -0.4 is 10.1 Å². The van der Waals surface area contributed by atoms with Crippen LogP contribution in [-0.4, -0.2) is 12.5 Å². The summed E-state index contributed by atoms with van der Waals surface area (Å²) in [6.07, 6.45) is 1.94. The molecule has 0 saturated carbocycles. The van der Waals surface area contributed by atoms with Crippen LogP contribution in [0.2, 0.25) is 0 Å². The highest BCUT2D eigenvalue weighted by Crippen LogP contribution is 2.36. The van der Waals surface area contributed by atoms with Crippen LogP contribution >= 0.6 is 0 Å². The summed E-state index contributed by atoms with van der Waals surface area (Å²) in [7, 11) is 0. The van der Waals surface area contributed by atoms with E-state index < -0.39 is 0 Å². The molecule has 0 radical (unpaired) electrons. The van der Waals surface area contributed by atoms with E-state index in [0.29, 0.717) is 12.2 Å². The summed E-state index contributed by atoms with van der Waals surface area (Å²) in [5.74, 6) is 0.715. The Labute approximate surface area is 140 Å². The molecule has 1 heterocycles. The molecule has 1 aliphatic heterocycles. The normalized spacial score (nSPS) is 14.7. The average Bonchev–Trinajstić information content (AvgIpc) is 2.92. The minimum Gasteiger partial charge on any atom is -0.493 e. The number of hydrogen-bond acceptors (Lipinski definition) is 2. The van der Waals surface area contributed by atoms with Gasteiger partial charge in [-0.3, -0.25) is 4.79 Å². The van der Waals surface area contributed by atoms with Gasteiger partial charge in [-0.15, -0.1) is 0 Å². The molecule has 0 aromatic heterocycles. The van der Waals surface area contributed by atoms with E-state index >= 15 is 0 Å². The van der Waals surface area contributed by atoms with Crippen molar-refractivity contribution in [1.29, 1.82) is 0 Å². The van der Waals surface area contributed by atoms with Crippen molar-refractivity contribution < 1.29 is 9.53 Å². The van der Waals surface area contributed by atoms with Gasteiger partial charge in [0.05, 0.1) is 6.61 Å². The maximum Gasteiger partial charge on any atom is 0.256 e. The molecule has 24 heavy (non-hydrogen) atoms. The van der Waals surface area contributed by atoms with Crippen molar-refractivity contribution in [3.63, 3.8) is 0 Å². The van der Waals surface area contributed by atoms with E-state index in [1.165, 1.54) is 0 Å². The quantitative estimate of drug-likeness (QED) is 0.710. The minimum absolute atomic E-state index is 0.0772. The third-order valence-electron chi connectivity index (χ3n) is 4.23. The second-order valence-electron chi connectivity index (χ2n) is 5.69. The molecule has 4 rings (SSSR count). The van der Waals surface area contributed by atoms with Gasteiger partial charge in [0.25, 0.3) is 5.91 Å². The molecule has 0 spiro atoms. The summed E-state index contributed by atoms with van der Waals surface area (Å²) in [5, 5.41) is 5.12. The van der Waals surface area contributed by atoms with Gasteiger partial charge in [0, 0.05) is 22.4 Å². The summed E-state index contributed by atoms with van der Waals surface area (Å²) in [5.41, 5.74) is 3.39. The SMILES string of the molecule is CCOc1ccc2ccccc2c1/C=C1\C(=O)Nc2ccccc21. The van der Waals surface area contributed by atoms with Crippen LogP contribution in [0.15, 0.2) is 60.7 Å². The smallest absolute Gasteiger partial charge is 0.256 e. The van der Waals surface area contributed by atoms with Gasteiger partial charge in [-0.1, -0.05) is 48.5 Å². The topological polar surface area (TPSA) is 38.3 Å². The van der Waals surface area contributed by atoms with Crippen LogP contribution in [0.4, 0.5) is 5.69 Å². The van der Waals surface area contributed by atoms with Crippen LogP contribution in [0.3, 0.4) is 0 Å². The minimum atomic E-state index is -0.0772. The van der Waals surface area contributed by atoms with E-state index in [4.69, 9.17) is 4.74 Å². The van der Waals surface area contributed by atoms with Crippen molar-refractivity contribution in [2.24, 2.45) is 0 Å². The van der Waals surface area contributed by atoms with Gasteiger partial charge < -0.3 is 10.1 Å². The molecule has 0 fully saturated rings. The lowest BCUT2D eigenvalue weighted by molar-refractivity contribution is -0.110. The van der Waals surface area contributed by atoms with E-state index in [0.717, 1.165) is 33.3 Å². The summed E-state index contributed by atoms with van der Waals surface area (Å²) in [6.45, 7) is 2.54. The van der Waals surface area contributed by atoms with Gasteiger partial charge in [0.2, 0.25) is 0 Å². The fourth-order valence-corrected chi connectivity index (χ4v) is 3.13. The van der Waals surface area contributed by atoms with Gasteiger partial charge >= 0.3 is 0 Å². The van der Waals surface area contributed by atoms with Crippen molar-refractivity contribution in [1.82, 2.24) is 0 Å². The number of nitrogens with one attached hydrogen (secondary N) is 1. The lowest BCUT2D eigenvalue weighted by atomic mass is 9.98. The second-order valence-corrected chi connectivity index (χ2v) is 5.69. The molecule has 0 bridgehead atoms. The number of amides is 1. The Hall–Kier alpha value is -3.07. The number of carbonyl (C=O) groups is 1. The zero-order chi connectivity index (χ0) is 16.5. The Morgan fingerprint density at radius 1 is 1.00 bits per heavy atom. The highest BCUT2D eigenvalue weighted by molar-refractivity contribution is 6.35.